The maximum atomic E-state index is 12.8. The van der Waals surface area contributed by atoms with Gasteiger partial charge in [0.1, 0.15) is 5.75 Å². The molecule has 1 aliphatic rings. The zero-order valence-corrected chi connectivity index (χ0v) is 14.1. The van der Waals surface area contributed by atoms with Gasteiger partial charge in [-0.2, -0.15) is 0 Å². The molecular formula is C20H21NO4. The van der Waals surface area contributed by atoms with E-state index >= 15 is 0 Å². The Kier molecular flexibility index (Phi) is 5.03. The summed E-state index contributed by atoms with van der Waals surface area (Å²) in [7, 11) is 1.64. The van der Waals surface area contributed by atoms with E-state index in [9.17, 15) is 9.59 Å². The summed E-state index contributed by atoms with van der Waals surface area (Å²) in [4.78, 5) is 25.8. The summed E-state index contributed by atoms with van der Waals surface area (Å²) in [6, 6.07) is 14.3. The van der Waals surface area contributed by atoms with Crippen molar-refractivity contribution in [3.63, 3.8) is 0 Å². The maximum Gasteiger partial charge on any atom is 0.335 e. The minimum Gasteiger partial charge on any atom is -0.496 e. The van der Waals surface area contributed by atoms with E-state index < -0.39 is 5.97 Å². The van der Waals surface area contributed by atoms with Crippen molar-refractivity contribution in [2.75, 3.05) is 13.7 Å². The van der Waals surface area contributed by atoms with Crippen LogP contribution >= 0.6 is 0 Å². The summed E-state index contributed by atoms with van der Waals surface area (Å²) in [5.41, 5.74) is 1.94. The largest absolute Gasteiger partial charge is 0.496 e. The number of nitrogens with zero attached hydrogens (tertiary/aromatic N) is 1. The van der Waals surface area contributed by atoms with Gasteiger partial charge in [-0.25, -0.2) is 4.79 Å². The van der Waals surface area contributed by atoms with Crippen LogP contribution in [0.4, 0.5) is 0 Å². The lowest BCUT2D eigenvalue weighted by Crippen LogP contribution is -2.32. The van der Waals surface area contributed by atoms with E-state index in [1.807, 2.05) is 29.2 Å². The molecular weight excluding hydrogens is 318 g/mol. The third kappa shape index (κ3) is 3.65. The quantitative estimate of drug-likeness (QED) is 0.908. The zero-order chi connectivity index (χ0) is 17.8. The van der Waals surface area contributed by atoms with Gasteiger partial charge in [0.25, 0.3) is 0 Å². The normalized spacial score (nSPS) is 16.7. The highest BCUT2D eigenvalue weighted by atomic mass is 16.5. The Morgan fingerprint density at radius 1 is 1.20 bits per heavy atom. The Morgan fingerprint density at radius 2 is 2.00 bits per heavy atom. The molecule has 3 rings (SSSR count). The molecule has 0 bridgehead atoms. The van der Waals surface area contributed by atoms with Crippen molar-refractivity contribution in [2.24, 2.45) is 0 Å². The third-order valence-corrected chi connectivity index (χ3v) is 4.60. The molecule has 130 valence electrons. The summed E-state index contributed by atoms with van der Waals surface area (Å²) < 4.78 is 5.44. The number of benzene rings is 2. The molecule has 5 heteroatoms. The van der Waals surface area contributed by atoms with Crippen molar-refractivity contribution in [1.29, 1.82) is 0 Å². The monoisotopic (exact) mass is 339 g/mol. The summed E-state index contributed by atoms with van der Waals surface area (Å²) in [6.07, 6.45) is 2.05. The Labute approximate surface area is 146 Å². The lowest BCUT2D eigenvalue weighted by molar-refractivity contribution is -0.131. The molecule has 0 unspecified atom stereocenters. The summed E-state index contributed by atoms with van der Waals surface area (Å²) in [5.74, 6) is -0.182. The number of amides is 1. The van der Waals surface area contributed by atoms with Crippen LogP contribution in [0.1, 0.15) is 40.4 Å². The Balaban J connectivity index is 1.79. The number of carboxylic acids is 1. The second-order valence-corrected chi connectivity index (χ2v) is 6.17. The number of carbonyl (C=O) groups is 2. The van der Waals surface area contributed by atoms with Crippen molar-refractivity contribution in [3.05, 3.63) is 65.2 Å². The van der Waals surface area contributed by atoms with E-state index in [0.717, 1.165) is 29.7 Å². The van der Waals surface area contributed by atoms with Crippen LogP contribution in [0, 0.1) is 0 Å². The number of carboxylic acid groups (broad SMARTS) is 1. The number of para-hydroxylation sites is 1. The first kappa shape index (κ1) is 17.0. The van der Waals surface area contributed by atoms with Crippen LogP contribution in [0.5, 0.6) is 5.75 Å². The minimum atomic E-state index is -0.984. The van der Waals surface area contributed by atoms with Gasteiger partial charge in [-0.3, -0.25) is 4.79 Å². The highest BCUT2D eigenvalue weighted by molar-refractivity contribution is 5.88. The molecule has 1 heterocycles. The zero-order valence-electron chi connectivity index (χ0n) is 14.1. The highest BCUT2D eigenvalue weighted by Gasteiger charge is 2.31. The summed E-state index contributed by atoms with van der Waals surface area (Å²) in [6.45, 7) is 0.709. The van der Waals surface area contributed by atoms with Crippen LogP contribution in [0.15, 0.2) is 48.5 Å². The number of hydrogen-bond donors (Lipinski definition) is 1. The van der Waals surface area contributed by atoms with Crippen LogP contribution in [-0.2, 0) is 11.2 Å². The molecule has 5 nitrogen and oxygen atoms in total. The smallest absolute Gasteiger partial charge is 0.335 e. The number of ether oxygens (including phenoxy) is 1. The SMILES string of the molecule is COc1ccccc1[C@@H]1CCCN1C(=O)Cc1cccc(C(=O)O)c1. The topological polar surface area (TPSA) is 66.8 Å². The first-order chi connectivity index (χ1) is 12.1. The Hall–Kier alpha value is -2.82. The molecule has 25 heavy (non-hydrogen) atoms. The molecule has 2 aromatic rings. The van der Waals surface area contributed by atoms with Gasteiger partial charge in [-0.05, 0) is 36.6 Å². The van der Waals surface area contributed by atoms with Gasteiger partial charge in [0.15, 0.2) is 0 Å². The number of rotatable bonds is 5. The van der Waals surface area contributed by atoms with Gasteiger partial charge in [0.2, 0.25) is 5.91 Å². The van der Waals surface area contributed by atoms with Crippen molar-refractivity contribution < 1.29 is 19.4 Å². The molecule has 0 aromatic heterocycles. The van der Waals surface area contributed by atoms with Crippen LogP contribution < -0.4 is 4.74 Å². The fourth-order valence-corrected chi connectivity index (χ4v) is 3.42. The van der Waals surface area contributed by atoms with Crippen LogP contribution in [-0.4, -0.2) is 35.5 Å². The fraction of sp³-hybridized carbons (Fsp3) is 0.300. The van der Waals surface area contributed by atoms with Gasteiger partial charge in [0, 0.05) is 12.1 Å². The predicted molar refractivity (Wildman–Crippen MR) is 93.8 cm³/mol. The van der Waals surface area contributed by atoms with Crippen molar-refractivity contribution in [1.82, 2.24) is 4.90 Å². The second kappa shape index (κ2) is 7.38. The average Bonchev–Trinajstić information content (AvgIpc) is 3.11. The number of carbonyl (C=O) groups excluding carboxylic acids is 1. The minimum absolute atomic E-state index is 0.00584. The molecule has 2 aromatic carbocycles. The van der Waals surface area contributed by atoms with Gasteiger partial charge in [0.05, 0.1) is 25.1 Å². The van der Waals surface area contributed by atoms with E-state index in [0.29, 0.717) is 6.54 Å². The van der Waals surface area contributed by atoms with E-state index in [-0.39, 0.29) is 23.9 Å². The molecule has 1 aliphatic heterocycles. The molecule has 0 aliphatic carbocycles. The number of aromatic carboxylic acids is 1. The molecule has 0 saturated carbocycles. The number of likely N-dealkylation sites (tertiary alicyclic amines) is 1. The number of methoxy groups -OCH3 is 1. The van der Waals surface area contributed by atoms with E-state index in [2.05, 4.69) is 0 Å². The number of hydrogen-bond acceptors (Lipinski definition) is 3. The molecule has 0 radical (unpaired) electrons. The van der Waals surface area contributed by atoms with E-state index in [4.69, 9.17) is 9.84 Å². The average molecular weight is 339 g/mol. The second-order valence-electron chi connectivity index (χ2n) is 6.17. The summed E-state index contributed by atoms with van der Waals surface area (Å²) in [5, 5.41) is 9.09. The predicted octanol–water partition coefficient (Wildman–Crippen LogP) is 3.30. The van der Waals surface area contributed by atoms with Crippen LogP contribution in [0.25, 0.3) is 0 Å². The van der Waals surface area contributed by atoms with Crippen LogP contribution in [0.2, 0.25) is 0 Å². The molecule has 0 spiro atoms. The van der Waals surface area contributed by atoms with Crippen molar-refractivity contribution in [2.45, 2.75) is 25.3 Å². The first-order valence-electron chi connectivity index (χ1n) is 8.35. The van der Waals surface area contributed by atoms with Gasteiger partial charge in [-0.15, -0.1) is 0 Å². The highest BCUT2D eigenvalue weighted by Crippen LogP contribution is 2.37. The standard InChI is InChI=1S/C20H21NO4/c1-25-18-10-3-2-8-16(18)17-9-5-11-21(17)19(22)13-14-6-4-7-15(12-14)20(23)24/h2-4,6-8,10,12,17H,5,9,11,13H2,1H3,(H,23,24)/t17-/m0/s1. The van der Waals surface area contributed by atoms with Gasteiger partial charge < -0.3 is 14.7 Å². The molecule has 1 saturated heterocycles. The van der Waals surface area contributed by atoms with Crippen LogP contribution in [0.3, 0.4) is 0 Å². The molecule has 1 atom stereocenters. The Bertz CT molecular complexity index is 787. The maximum absolute atomic E-state index is 12.8. The Morgan fingerprint density at radius 3 is 2.76 bits per heavy atom. The summed E-state index contributed by atoms with van der Waals surface area (Å²) >= 11 is 0. The third-order valence-electron chi connectivity index (χ3n) is 4.60. The lowest BCUT2D eigenvalue weighted by atomic mass is 10.0. The fourth-order valence-electron chi connectivity index (χ4n) is 3.42. The van der Waals surface area contributed by atoms with Gasteiger partial charge in [-0.1, -0.05) is 30.3 Å². The van der Waals surface area contributed by atoms with Crippen molar-refractivity contribution >= 4 is 11.9 Å². The van der Waals surface area contributed by atoms with E-state index in [1.165, 1.54) is 6.07 Å². The van der Waals surface area contributed by atoms with Gasteiger partial charge >= 0.3 is 5.97 Å². The molecule has 1 N–H and O–H groups in total. The lowest BCUT2D eigenvalue weighted by Gasteiger charge is -2.26. The molecule has 1 amide bonds. The molecule has 1 fully saturated rings. The van der Waals surface area contributed by atoms with Crippen molar-refractivity contribution in [3.8, 4) is 5.75 Å². The van der Waals surface area contributed by atoms with E-state index in [1.54, 1.807) is 25.3 Å². The first-order valence-corrected chi connectivity index (χ1v) is 8.35.